The van der Waals surface area contributed by atoms with Gasteiger partial charge in [0.05, 0.1) is 29.8 Å². The Morgan fingerprint density at radius 3 is 2.45 bits per heavy atom. The van der Waals surface area contributed by atoms with Crippen LogP contribution in [0.3, 0.4) is 0 Å². The number of anilines is 1. The van der Waals surface area contributed by atoms with E-state index < -0.39 is 16.0 Å². The summed E-state index contributed by atoms with van der Waals surface area (Å²) in [6.45, 7) is 0.0271. The first-order valence-electron chi connectivity index (χ1n) is 9.21. The maximum Gasteiger partial charge on any atom is 0.338 e. The molecule has 1 aliphatic rings. The van der Waals surface area contributed by atoms with Crippen molar-refractivity contribution in [3.63, 3.8) is 0 Å². The van der Waals surface area contributed by atoms with Crippen LogP contribution in [0.1, 0.15) is 21.5 Å². The second-order valence-corrected chi connectivity index (χ2v) is 9.49. The van der Waals surface area contributed by atoms with Crippen LogP contribution in [-0.4, -0.2) is 21.5 Å². The zero-order chi connectivity index (χ0) is 22.2. The number of hydrogen-bond donors (Lipinski definition) is 0. The van der Waals surface area contributed by atoms with Gasteiger partial charge in [-0.1, -0.05) is 41.4 Å². The van der Waals surface area contributed by atoms with Crippen LogP contribution >= 0.6 is 23.2 Å². The van der Waals surface area contributed by atoms with E-state index in [9.17, 15) is 13.2 Å². The number of sulfonamides is 1. The lowest BCUT2D eigenvalue weighted by molar-refractivity contribution is 0.0535. The first-order chi connectivity index (χ1) is 14.8. The van der Waals surface area contributed by atoms with Crippen molar-refractivity contribution in [2.24, 2.45) is 0 Å². The molecule has 3 aromatic rings. The number of ether oxygens (including phenoxy) is 2. The van der Waals surface area contributed by atoms with E-state index in [1.54, 1.807) is 42.5 Å². The van der Waals surface area contributed by atoms with Crippen molar-refractivity contribution in [1.82, 2.24) is 0 Å². The molecule has 0 aliphatic carbocycles. The fourth-order valence-electron chi connectivity index (χ4n) is 3.29. The Morgan fingerprint density at radius 1 is 1.03 bits per heavy atom. The summed E-state index contributed by atoms with van der Waals surface area (Å²) in [5.74, 6) is -0.0966. The van der Waals surface area contributed by atoms with Gasteiger partial charge in [0, 0.05) is 27.2 Å². The Labute approximate surface area is 190 Å². The van der Waals surface area contributed by atoms with Gasteiger partial charge in [-0.25, -0.2) is 13.2 Å². The van der Waals surface area contributed by atoms with Gasteiger partial charge in [-0.15, -0.1) is 0 Å². The molecule has 0 radical (unpaired) electrons. The van der Waals surface area contributed by atoms with Gasteiger partial charge in [-0.3, -0.25) is 4.31 Å². The van der Waals surface area contributed by atoms with Crippen LogP contribution in [0.15, 0.2) is 65.6 Å². The van der Waals surface area contributed by atoms with Crippen LogP contribution in [0, 0.1) is 0 Å². The molecule has 0 saturated heterocycles. The highest BCUT2D eigenvalue weighted by atomic mass is 35.5. The van der Waals surface area contributed by atoms with E-state index in [2.05, 4.69) is 0 Å². The van der Waals surface area contributed by atoms with E-state index >= 15 is 0 Å². The Hall–Kier alpha value is -2.74. The third kappa shape index (κ3) is 4.08. The van der Waals surface area contributed by atoms with Gasteiger partial charge in [0.1, 0.15) is 12.4 Å². The van der Waals surface area contributed by atoms with Crippen molar-refractivity contribution in [2.75, 3.05) is 11.4 Å². The molecule has 3 aromatic carbocycles. The van der Waals surface area contributed by atoms with Crippen LogP contribution in [0.4, 0.5) is 5.69 Å². The normalized spacial score (nSPS) is 12.9. The van der Waals surface area contributed by atoms with Crippen molar-refractivity contribution in [3.05, 3.63) is 87.4 Å². The number of cyclic esters (lactones) is 1. The molecule has 0 unspecified atom stereocenters. The number of nitrogens with zero attached hydrogens (tertiary/aromatic N) is 1. The average Bonchev–Trinajstić information content (AvgIpc) is 3.13. The zero-order valence-corrected chi connectivity index (χ0v) is 18.7. The van der Waals surface area contributed by atoms with Crippen LogP contribution < -0.4 is 9.04 Å². The molecule has 0 saturated carbocycles. The van der Waals surface area contributed by atoms with E-state index in [4.69, 9.17) is 32.7 Å². The van der Waals surface area contributed by atoms with Crippen LogP contribution in [0.5, 0.6) is 5.75 Å². The van der Waals surface area contributed by atoms with Crippen molar-refractivity contribution in [1.29, 1.82) is 0 Å². The number of esters is 1. The van der Waals surface area contributed by atoms with Gasteiger partial charge in [0.15, 0.2) is 0 Å². The topological polar surface area (TPSA) is 72.9 Å². The summed E-state index contributed by atoms with van der Waals surface area (Å²) in [5.41, 5.74) is 1.76. The molecule has 160 valence electrons. The molecule has 0 fully saturated rings. The number of hydrogen-bond acceptors (Lipinski definition) is 5. The fourth-order valence-corrected chi connectivity index (χ4v) is 5.26. The summed E-state index contributed by atoms with van der Waals surface area (Å²) in [4.78, 5) is 12.1. The molecule has 0 bridgehead atoms. The number of benzene rings is 3. The summed E-state index contributed by atoms with van der Waals surface area (Å²) in [6, 6.07) is 15.9. The van der Waals surface area contributed by atoms with Gasteiger partial charge in [0.2, 0.25) is 0 Å². The summed E-state index contributed by atoms with van der Waals surface area (Å²) in [6.07, 6.45) is 0. The Bertz CT molecular complexity index is 1260. The zero-order valence-electron chi connectivity index (χ0n) is 16.3. The molecule has 0 spiro atoms. The second-order valence-electron chi connectivity index (χ2n) is 6.81. The highest BCUT2D eigenvalue weighted by Crippen LogP contribution is 2.34. The minimum Gasteiger partial charge on any atom is -0.497 e. The van der Waals surface area contributed by atoms with E-state index in [1.165, 1.54) is 29.6 Å². The van der Waals surface area contributed by atoms with Gasteiger partial charge in [-0.05, 0) is 36.4 Å². The molecule has 0 aromatic heterocycles. The first kappa shape index (κ1) is 21.5. The monoisotopic (exact) mass is 477 g/mol. The quantitative estimate of drug-likeness (QED) is 0.463. The average molecular weight is 478 g/mol. The van der Waals surface area contributed by atoms with Crippen LogP contribution in [0.2, 0.25) is 10.0 Å². The molecule has 1 heterocycles. The van der Waals surface area contributed by atoms with E-state index in [-0.39, 0.29) is 23.7 Å². The smallest absolute Gasteiger partial charge is 0.338 e. The summed E-state index contributed by atoms with van der Waals surface area (Å²) >= 11 is 12.6. The minimum absolute atomic E-state index is 0.0260. The van der Waals surface area contributed by atoms with Crippen molar-refractivity contribution < 1.29 is 22.7 Å². The SMILES string of the molecule is COc1cccc(S(=O)(=O)N(Cc2c(Cl)cccc2Cl)c2ccc3c(c2)C(=O)OC3)c1. The number of methoxy groups -OCH3 is 1. The molecule has 9 heteroatoms. The summed E-state index contributed by atoms with van der Waals surface area (Å²) in [7, 11) is -2.61. The third-order valence-corrected chi connectivity index (χ3v) is 7.43. The van der Waals surface area contributed by atoms with Gasteiger partial charge < -0.3 is 9.47 Å². The lowest BCUT2D eigenvalue weighted by Gasteiger charge is -2.26. The fraction of sp³-hybridized carbons (Fsp3) is 0.136. The maximum atomic E-state index is 13.7. The van der Waals surface area contributed by atoms with E-state index in [1.807, 2.05) is 0 Å². The van der Waals surface area contributed by atoms with Crippen molar-refractivity contribution in [2.45, 2.75) is 18.0 Å². The van der Waals surface area contributed by atoms with E-state index in [0.717, 1.165) is 0 Å². The molecule has 0 atom stereocenters. The minimum atomic E-state index is -4.07. The lowest BCUT2D eigenvalue weighted by Crippen LogP contribution is -2.31. The summed E-state index contributed by atoms with van der Waals surface area (Å²) < 4.78 is 38.8. The molecular weight excluding hydrogens is 461 g/mol. The van der Waals surface area contributed by atoms with E-state index in [0.29, 0.717) is 32.5 Å². The van der Waals surface area contributed by atoms with Crippen molar-refractivity contribution in [3.8, 4) is 5.75 Å². The number of halogens is 2. The molecule has 0 N–H and O–H groups in total. The predicted molar refractivity (Wildman–Crippen MR) is 118 cm³/mol. The highest BCUT2D eigenvalue weighted by Gasteiger charge is 2.30. The third-order valence-electron chi connectivity index (χ3n) is 4.95. The largest absolute Gasteiger partial charge is 0.497 e. The van der Waals surface area contributed by atoms with Crippen LogP contribution in [0.25, 0.3) is 0 Å². The Balaban J connectivity index is 1.87. The van der Waals surface area contributed by atoms with Gasteiger partial charge >= 0.3 is 5.97 Å². The molecule has 0 amide bonds. The predicted octanol–water partition coefficient (Wildman–Crippen LogP) is 5.07. The van der Waals surface area contributed by atoms with Gasteiger partial charge in [0.25, 0.3) is 10.0 Å². The van der Waals surface area contributed by atoms with Crippen LogP contribution in [-0.2, 0) is 27.9 Å². The molecule has 1 aliphatic heterocycles. The summed E-state index contributed by atoms with van der Waals surface area (Å²) in [5, 5.41) is 0.665. The number of carbonyl (C=O) groups excluding carboxylic acids is 1. The molecule has 6 nitrogen and oxygen atoms in total. The molecule has 4 rings (SSSR count). The standard InChI is InChI=1S/C22H17Cl2NO5S/c1-29-16-4-2-5-17(11-16)31(27,28)25(12-19-20(23)6-3-7-21(19)24)15-9-8-14-13-30-22(26)18(14)10-15/h2-11H,12-13H2,1H3. The second kappa shape index (κ2) is 8.42. The van der Waals surface area contributed by atoms with Crippen molar-refractivity contribution >= 4 is 44.9 Å². The lowest BCUT2D eigenvalue weighted by atomic mass is 10.1. The molecule has 31 heavy (non-hydrogen) atoms. The highest BCUT2D eigenvalue weighted by molar-refractivity contribution is 7.92. The number of carbonyl (C=O) groups is 1. The molecular formula is C22H17Cl2NO5S. The van der Waals surface area contributed by atoms with Gasteiger partial charge in [-0.2, -0.15) is 0 Å². The Kier molecular flexibility index (Phi) is 5.83. The Morgan fingerprint density at radius 2 is 1.74 bits per heavy atom. The first-order valence-corrected chi connectivity index (χ1v) is 11.4. The number of fused-ring (bicyclic) bond motifs is 1. The number of rotatable bonds is 6. The maximum absolute atomic E-state index is 13.7.